The molecule has 2 heterocycles. The number of rotatable bonds is 4. The highest BCUT2D eigenvalue weighted by molar-refractivity contribution is 7.99. The van der Waals surface area contributed by atoms with E-state index in [-0.39, 0.29) is 6.04 Å². The first-order chi connectivity index (χ1) is 7.29. The Hall–Kier alpha value is -0.550. The van der Waals surface area contributed by atoms with Crippen molar-refractivity contribution in [2.75, 3.05) is 11.5 Å². The van der Waals surface area contributed by atoms with Crippen LogP contribution in [0.25, 0.3) is 0 Å². The number of thioether (sulfide) groups is 1. The molecule has 0 radical (unpaired) electrons. The molecular weight excluding hydrogens is 208 g/mol. The first-order valence-electron chi connectivity index (χ1n) is 5.54. The predicted molar refractivity (Wildman–Crippen MR) is 63.0 cm³/mol. The van der Waals surface area contributed by atoms with Gasteiger partial charge in [0, 0.05) is 18.2 Å². The predicted octanol–water partition coefficient (Wildman–Crippen LogP) is 1.52. The average molecular weight is 226 g/mol. The summed E-state index contributed by atoms with van der Waals surface area (Å²) in [5.41, 5.74) is 0. The molecule has 1 aromatic heterocycles. The van der Waals surface area contributed by atoms with Gasteiger partial charge in [0.1, 0.15) is 5.82 Å². The lowest BCUT2D eigenvalue weighted by Gasteiger charge is -2.15. The van der Waals surface area contributed by atoms with E-state index in [1.165, 1.54) is 17.9 Å². The summed E-state index contributed by atoms with van der Waals surface area (Å²) in [6.07, 6.45) is 2.18. The molecule has 0 spiro atoms. The Morgan fingerprint density at radius 2 is 2.53 bits per heavy atom. The SMILES string of the molecule is CCc1nc(C(C)NC2CCSC2)n[nH]1. The molecule has 1 fully saturated rings. The van der Waals surface area contributed by atoms with Gasteiger partial charge in [-0.1, -0.05) is 6.92 Å². The number of aryl methyl sites for hydroxylation is 1. The fourth-order valence-electron chi connectivity index (χ4n) is 1.76. The highest BCUT2D eigenvalue weighted by Crippen LogP contribution is 2.19. The monoisotopic (exact) mass is 226 g/mol. The molecule has 4 nitrogen and oxygen atoms in total. The van der Waals surface area contributed by atoms with E-state index >= 15 is 0 Å². The Bertz CT molecular complexity index is 306. The lowest BCUT2D eigenvalue weighted by Crippen LogP contribution is -2.31. The van der Waals surface area contributed by atoms with Gasteiger partial charge in [0.2, 0.25) is 0 Å². The van der Waals surface area contributed by atoms with E-state index in [2.05, 4.69) is 34.3 Å². The van der Waals surface area contributed by atoms with Crippen LogP contribution in [0.5, 0.6) is 0 Å². The number of aromatic amines is 1. The van der Waals surface area contributed by atoms with Crippen LogP contribution in [0.15, 0.2) is 0 Å². The van der Waals surface area contributed by atoms with Crippen LogP contribution in [-0.2, 0) is 6.42 Å². The molecule has 2 N–H and O–H groups in total. The van der Waals surface area contributed by atoms with Gasteiger partial charge in [-0.25, -0.2) is 4.98 Å². The van der Waals surface area contributed by atoms with Crippen molar-refractivity contribution in [1.82, 2.24) is 20.5 Å². The van der Waals surface area contributed by atoms with Crippen LogP contribution in [0.3, 0.4) is 0 Å². The second-order valence-corrected chi connectivity index (χ2v) is 5.09. The molecule has 15 heavy (non-hydrogen) atoms. The van der Waals surface area contributed by atoms with Crippen LogP contribution in [0.2, 0.25) is 0 Å². The zero-order chi connectivity index (χ0) is 10.7. The Morgan fingerprint density at radius 1 is 1.67 bits per heavy atom. The van der Waals surface area contributed by atoms with Gasteiger partial charge in [-0.05, 0) is 19.1 Å². The molecule has 1 aliphatic heterocycles. The minimum absolute atomic E-state index is 0.255. The third kappa shape index (κ3) is 2.72. The zero-order valence-electron chi connectivity index (χ0n) is 9.29. The molecule has 2 unspecified atom stereocenters. The number of aromatic nitrogens is 3. The Balaban J connectivity index is 1.91. The number of nitrogens with one attached hydrogen (secondary N) is 2. The van der Waals surface area contributed by atoms with Gasteiger partial charge in [0.15, 0.2) is 5.82 Å². The fourth-order valence-corrected chi connectivity index (χ4v) is 2.92. The Kier molecular flexibility index (Phi) is 3.64. The largest absolute Gasteiger partial charge is 0.304 e. The van der Waals surface area contributed by atoms with E-state index in [1.807, 2.05) is 11.8 Å². The summed E-state index contributed by atoms with van der Waals surface area (Å²) in [6.45, 7) is 4.21. The molecule has 1 aromatic rings. The highest BCUT2D eigenvalue weighted by Gasteiger charge is 2.19. The topological polar surface area (TPSA) is 53.6 Å². The minimum atomic E-state index is 0.255. The quantitative estimate of drug-likeness (QED) is 0.817. The van der Waals surface area contributed by atoms with Gasteiger partial charge >= 0.3 is 0 Å². The summed E-state index contributed by atoms with van der Waals surface area (Å²) in [4.78, 5) is 4.43. The molecular formula is C10H18N4S. The lowest BCUT2D eigenvalue weighted by atomic mass is 10.2. The maximum atomic E-state index is 4.43. The molecule has 1 aliphatic rings. The van der Waals surface area contributed by atoms with Crippen molar-refractivity contribution in [3.63, 3.8) is 0 Å². The van der Waals surface area contributed by atoms with Crippen molar-refractivity contribution < 1.29 is 0 Å². The zero-order valence-corrected chi connectivity index (χ0v) is 10.1. The van der Waals surface area contributed by atoms with Crippen molar-refractivity contribution >= 4 is 11.8 Å². The summed E-state index contributed by atoms with van der Waals surface area (Å²) in [6, 6.07) is 0.888. The second kappa shape index (κ2) is 4.99. The number of H-pyrrole nitrogens is 1. The summed E-state index contributed by atoms with van der Waals surface area (Å²) in [5.74, 6) is 4.36. The van der Waals surface area contributed by atoms with Crippen molar-refractivity contribution in [3.05, 3.63) is 11.6 Å². The second-order valence-electron chi connectivity index (χ2n) is 3.94. The van der Waals surface area contributed by atoms with E-state index in [9.17, 15) is 0 Å². The van der Waals surface area contributed by atoms with Gasteiger partial charge in [-0.3, -0.25) is 5.10 Å². The van der Waals surface area contributed by atoms with Crippen LogP contribution in [-0.4, -0.2) is 32.7 Å². The third-order valence-corrected chi connectivity index (χ3v) is 3.85. The van der Waals surface area contributed by atoms with Gasteiger partial charge in [-0.2, -0.15) is 16.9 Å². The van der Waals surface area contributed by atoms with Crippen molar-refractivity contribution in [3.8, 4) is 0 Å². The van der Waals surface area contributed by atoms with E-state index in [0.717, 1.165) is 18.1 Å². The molecule has 84 valence electrons. The van der Waals surface area contributed by atoms with E-state index < -0.39 is 0 Å². The minimum Gasteiger partial charge on any atom is -0.304 e. The molecule has 0 aliphatic carbocycles. The normalized spacial score (nSPS) is 23.2. The van der Waals surface area contributed by atoms with Crippen molar-refractivity contribution in [2.24, 2.45) is 0 Å². The first kappa shape index (κ1) is 11.0. The van der Waals surface area contributed by atoms with Crippen molar-refractivity contribution in [2.45, 2.75) is 38.8 Å². The van der Waals surface area contributed by atoms with Crippen LogP contribution >= 0.6 is 11.8 Å². The summed E-state index contributed by atoms with van der Waals surface area (Å²) in [7, 11) is 0. The Labute approximate surface area is 94.6 Å². The number of nitrogens with zero attached hydrogens (tertiary/aromatic N) is 2. The van der Waals surface area contributed by atoms with E-state index in [1.54, 1.807) is 0 Å². The molecule has 0 bridgehead atoms. The maximum Gasteiger partial charge on any atom is 0.167 e. The summed E-state index contributed by atoms with van der Waals surface area (Å²) >= 11 is 2.02. The molecule has 0 aromatic carbocycles. The molecule has 0 amide bonds. The average Bonchev–Trinajstić information content (AvgIpc) is 2.86. The molecule has 0 saturated carbocycles. The van der Waals surface area contributed by atoms with E-state index in [0.29, 0.717) is 6.04 Å². The van der Waals surface area contributed by atoms with Crippen LogP contribution in [0, 0.1) is 0 Å². The van der Waals surface area contributed by atoms with Crippen LogP contribution < -0.4 is 5.32 Å². The van der Waals surface area contributed by atoms with Gasteiger partial charge in [0.05, 0.1) is 6.04 Å². The number of hydrogen-bond donors (Lipinski definition) is 2. The molecule has 5 heteroatoms. The van der Waals surface area contributed by atoms with Gasteiger partial charge < -0.3 is 5.32 Å². The standard InChI is InChI=1S/C10H18N4S/c1-3-9-12-10(14-13-9)7(2)11-8-4-5-15-6-8/h7-8,11H,3-6H2,1-2H3,(H,12,13,14). The molecule has 2 atom stereocenters. The third-order valence-electron chi connectivity index (χ3n) is 2.69. The Morgan fingerprint density at radius 3 is 3.13 bits per heavy atom. The molecule has 1 saturated heterocycles. The summed E-state index contributed by atoms with van der Waals surface area (Å²) < 4.78 is 0. The number of hydrogen-bond acceptors (Lipinski definition) is 4. The first-order valence-corrected chi connectivity index (χ1v) is 6.70. The van der Waals surface area contributed by atoms with Crippen LogP contribution in [0.4, 0.5) is 0 Å². The van der Waals surface area contributed by atoms with Gasteiger partial charge in [-0.15, -0.1) is 0 Å². The lowest BCUT2D eigenvalue weighted by molar-refractivity contribution is 0.470. The fraction of sp³-hybridized carbons (Fsp3) is 0.800. The van der Waals surface area contributed by atoms with Crippen LogP contribution in [0.1, 0.15) is 38.0 Å². The highest BCUT2D eigenvalue weighted by atomic mass is 32.2. The van der Waals surface area contributed by atoms with Crippen molar-refractivity contribution in [1.29, 1.82) is 0 Å². The summed E-state index contributed by atoms with van der Waals surface area (Å²) in [5, 5.41) is 10.7. The van der Waals surface area contributed by atoms with Gasteiger partial charge in [0.25, 0.3) is 0 Å². The maximum absolute atomic E-state index is 4.43. The smallest absolute Gasteiger partial charge is 0.167 e. The van der Waals surface area contributed by atoms with E-state index in [4.69, 9.17) is 0 Å². The molecule has 2 rings (SSSR count).